The van der Waals surface area contributed by atoms with Crippen molar-refractivity contribution in [3.63, 3.8) is 0 Å². The summed E-state index contributed by atoms with van der Waals surface area (Å²) in [7, 11) is 1.79. The maximum atomic E-state index is 11.8. The van der Waals surface area contributed by atoms with Gasteiger partial charge in [-0.15, -0.1) is 0 Å². The molecule has 150 valence electrons. The molecule has 0 aliphatic carbocycles. The van der Waals surface area contributed by atoms with Crippen LogP contribution in [-0.2, 0) is 6.54 Å². The van der Waals surface area contributed by atoms with Gasteiger partial charge in [-0.05, 0) is 69.4 Å². The summed E-state index contributed by atoms with van der Waals surface area (Å²) in [5.74, 6) is 1.67. The van der Waals surface area contributed by atoms with Crippen LogP contribution in [0.3, 0.4) is 0 Å². The standard InChI is InChI=1S/C21H35N5O/c1-4-23-20(27)19-8-6-18(7-9-19)16-25-21(22-3)24-12-5-13-26-14-10-17(2)11-15-26/h6-9,17H,4-5,10-16H2,1-3H3,(H,23,27)(H2,22,24,25). The van der Waals surface area contributed by atoms with Crippen LogP contribution in [0.2, 0.25) is 0 Å². The molecule has 3 N–H and O–H groups in total. The van der Waals surface area contributed by atoms with E-state index in [0.29, 0.717) is 18.7 Å². The summed E-state index contributed by atoms with van der Waals surface area (Å²) in [5, 5.41) is 9.52. The van der Waals surface area contributed by atoms with Gasteiger partial charge in [0.1, 0.15) is 0 Å². The molecule has 1 aromatic carbocycles. The molecule has 0 unspecified atom stereocenters. The molecule has 1 heterocycles. The number of benzene rings is 1. The first-order valence-electron chi connectivity index (χ1n) is 10.2. The molecule has 1 amide bonds. The predicted molar refractivity (Wildman–Crippen MR) is 112 cm³/mol. The van der Waals surface area contributed by atoms with E-state index in [-0.39, 0.29) is 5.91 Å². The van der Waals surface area contributed by atoms with Gasteiger partial charge in [0.2, 0.25) is 0 Å². The quantitative estimate of drug-likeness (QED) is 0.371. The van der Waals surface area contributed by atoms with Gasteiger partial charge in [-0.25, -0.2) is 0 Å². The minimum atomic E-state index is -0.0300. The third kappa shape index (κ3) is 7.59. The van der Waals surface area contributed by atoms with Gasteiger partial charge in [0.05, 0.1) is 0 Å². The first kappa shape index (κ1) is 21.2. The Morgan fingerprint density at radius 1 is 1.15 bits per heavy atom. The lowest BCUT2D eigenvalue weighted by Crippen LogP contribution is -2.39. The van der Waals surface area contributed by atoms with Crippen LogP contribution < -0.4 is 16.0 Å². The molecule has 1 aliphatic heterocycles. The van der Waals surface area contributed by atoms with Gasteiger partial charge < -0.3 is 20.9 Å². The summed E-state index contributed by atoms with van der Waals surface area (Å²) < 4.78 is 0. The molecule has 2 rings (SSSR count). The molecule has 0 saturated carbocycles. The SMILES string of the molecule is CCNC(=O)c1ccc(CNC(=NC)NCCCN2CCC(C)CC2)cc1. The van der Waals surface area contributed by atoms with Crippen molar-refractivity contribution in [2.45, 2.75) is 39.7 Å². The number of hydrogen-bond donors (Lipinski definition) is 3. The highest BCUT2D eigenvalue weighted by atomic mass is 16.1. The number of likely N-dealkylation sites (tertiary alicyclic amines) is 1. The van der Waals surface area contributed by atoms with E-state index in [2.05, 4.69) is 32.8 Å². The van der Waals surface area contributed by atoms with Gasteiger partial charge in [0, 0.05) is 32.2 Å². The van der Waals surface area contributed by atoms with Gasteiger partial charge in [-0.2, -0.15) is 0 Å². The monoisotopic (exact) mass is 373 g/mol. The van der Waals surface area contributed by atoms with Crippen molar-refractivity contribution in [2.75, 3.05) is 39.8 Å². The molecular weight excluding hydrogens is 338 g/mol. The van der Waals surface area contributed by atoms with Gasteiger partial charge in [0.15, 0.2) is 5.96 Å². The molecule has 27 heavy (non-hydrogen) atoms. The fourth-order valence-electron chi connectivity index (χ4n) is 3.24. The van der Waals surface area contributed by atoms with Crippen LogP contribution in [0.15, 0.2) is 29.3 Å². The van der Waals surface area contributed by atoms with Crippen LogP contribution in [0.25, 0.3) is 0 Å². The zero-order valence-electron chi connectivity index (χ0n) is 17.1. The van der Waals surface area contributed by atoms with E-state index < -0.39 is 0 Å². The van der Waals surface area contributed by atoms with E-state index in [1.165, 1.54) is 25.9 Å². The van der Waals surface area contributed by atoms with Crippen molar-refractivity contribution < 1.29 is 4.79 Å². The number of hydrogen-bond acceptors (Lipinski definition) is 3. The summed E-state index contributed by atoms with van der Waals surface area (Å²) in [6.07, 6.45) is 3.78. The number of guanidine groups is 1. The fraction of sp³-hybridized carbons (Fsp3) is 0.619. The van der Waals surface area contributed by atoms with E-state index in [9.17, 15) is 4.79 Å². The number of rotatable bonds is 8. The highest BCUT2D eigenvalue weighted by molar-refractivity contribution is 5.94. The fourth-order valence-corrected chi connectivity index (χ4v) is 3.24. The Morgan fingerprint density at radius 3 is 2.48 bits per heavy atom. The number of aliphatic imine (C=N–C) groups is 1. The number of carbonyl (C=O) groups excluding carboxylic acids is 1. The molecule has 1 fully saturated rings. The van der Waals surface area contributed by atoms with E-state index >= 15 is 0 Å². The maximum Gasteiger partial charge on any atom is 0.251 e. The molecule has 1 aromatic rings. The van der Waals surface area contributed by atoms with Crippen molar-refractivity contribution >= 4 is 11.9 Å². The zero-order chi connectivity index (χ0) is 19.5. The van der Waals surface area contributed by atoms with Gasteiger partial charge in [0.25, 0.3) is 5.91 Å². The zero-order valence-corrected chi connectivity index (χ0v) is 17.1. The number of amides is 1. The molecule has 0 radical (unpaired) electrons. The molecule has 0 aromatic heterocycles. The smallest absolute Gasteiger partial charge is 0.251 e. The third-order valence-electron chi connectivity index (χ3n) is 5.06. The van der Waals surface area contributed by atoms with E-state index in [1.54, 1.807) is 7.05 Å². The van der Waals surface area contributed by atoms with Crippen molar-refractivity contribution in [1.29, 1.82) is 0 Å². The Morgan fingerprint density at radius 2 is 1.85 bits per heavy atom. The first-order chi connectivity index (χ1) is 13.1. The van der Waals surface area contributed by atoms with E-state index in [1.807, 2.05) is 31.2 Å². The second-order valence-electron chi connectivity index (χ2n) is 7.29. The van der Waals surface area contributed by atoms with Crippen molar-refractivity contribution in [1.82, 2.24) is 20.9 Å². The predicted octanol–water partition coefficient (Wildman–Crippen LogP) is 2.22. The number of piperidine rings is 1. The average Bonchev–Trinajstić information content (AvgIpc) is 2.69. The van der Waals surface area contributed by atoms with Crippen LogP contribution in [0.1, 0.15) is 49.0 Å². The Balaban J connectivity index is 1.65. The molecular formula is C21H35N5O. The molecule has 1 saturated heterocycles. The van der Waals surface area contributed by atoms with Crippen LogP contribution in [-0.4, -0.2) is 56.5 Å². The Bertz CT molecular complexity index is 591. The first-order valence-corrected chi connectivity index (χ1v) is 10.2. The third-order valence-corrected chi connectivity index (χ3v) is 5.06. The summed E-state index contributed by atoms with van der Waals surface area (Å²) >= 11 is 0. The lowest BCUT2D eigenvalue weighted by Gasteiger charge is -2.30. The van der Waals surface area contributed by atoms with Crippen LogP contribution in [0, 0.1) is 5.92 Å². The summed E-state index contributed by atoms with van der Waals surface area (Å²) in [6, 6.07) is 7.67. The van der Waals surface area contributed by atoms with Crippen LogP contribution >= 0.6 is 0 Å². The second kappa shape index (κ2) is 11.6. The Labute approximate surface area is 163 Å². The molecule has 6 heteroatoms. The second-order valence-corrected chi connectivity index (χ2v) is 7.29. The molecule has 0 atom stereocenters. The Kier molecular flexibility index (Phi) is 9.11. The topological polar surface area (TPSA) is 68.8 Å². The minimum absolute atomic E-state index is 0.0300. The van der Waals surface area contributed by atoms with Crippen LogP contribution in [0.5, 0.6) is 0 Å². The lowest BCUT2D eigenvalue weighted by molar-refractivity contribution is 0.0956. The van der Waals surface area contributed by atoms with Gasteiger partial charge in [-0.1, -0.05) is 19.1 Å². The maximum absolute atomic E-state index is 11.8. The molecule has 0 bridgehead atoms. The van der Waals surface area contributed by atoms with Crippen LogP contribution in [0.4, 0.5) is 0 Å². The number of carbonyl (C=O) groups is 1. The van der Waals surface area contributed by atoms with Gasteiger partial charge in [-0.3, -0.25) is 9.79 Å². The highest BCUT2D eigenvalue weighted by Crippen LogP contribution is 2.15. The summed E-state index contributed by atoms with van der Waals surface area (Å²) in [5.41, 5.74) is 1.81. The van der Waals surface area contributed by atoms with Crippen molar-refractivity contribution in [2.24, 2.45) is 10.9 Å². The summed E-state index contributed by atoms with van der Waals surface area (Å²) in [6.45, 7) is 10.1. The molecule has 1 aliphatic rings. The average molecular weight is 374 g/mol. The number of nitrogens with one attached hydrogen (secondary N) is 3. The van der Waals surface area contributed by atoms with E-state index in [4.69, 9.17) is 0 Å². The van der Waals surface area contributed by atoms with E-state index in [0.717, 1.165) is 37.0 Å². The van der Waals surface area contributed by atoms with Crippen molar-refractivity contribution in [3.05, 3.63) is 35.4 Å². The minimum Gasteiger partial charge on any atom is -0.356 e. The molecule has 0 spiro atoms. The summed E-state index contributed by atoms with van der Waals surface area (Å²) in [4.78, 5) is 18.6. The lowest BCUT2D eigenvalue weighted by atomic mass is 9.99. The Hall–Kier alpha value is -2.08. The number of nitrogens with zero attached hydrogens (tertiary/aromatic N) is 2. The normalized spacial score (nSPS) is 16.2. The molecule has 6 nitrogen and oxygen atoms in total. The highest BCUT2D eigenvalue weighted by Gasteiger charge is 2.14. The van der Waals surface area contributed by atoms with Gasteiger partial charge >= 0.3 is 0 Å². The van der Waals surface area contributed by atoms with Crippen molar-refractivity contribution in [3.8, 4) is 0 Å². The largest absolute Gasteiger partial charge is 0.356 e.